The minimum atomic E-state index is -0.807. The number of amides is 3. The number of likely N-dealkylation sites (N-methyl/N-ethyl adjacent to an activating group) is 1. The predicted octanol–water partition coefficient (Wildman–Crippen LogP) is 2.88. The molecular weight excluding hydrogens is 401 g/mol. The Balaban J connectivity index is 1.56. The van der Waals surface area contributed by atoms with Gasteiger partial charge in [-0.25, -0.2) is 9.18 Å². The van der Waals surface area contributed by atoms with Gasteiger partial charge in [-0.05, 0) is 30.2 Å². The van der Waals surface area contributed by atoms with E-state index in [2.05, 4.69) is 5.32 Å². The molecule has 1 N–H and O–H groups in total. The molecular formula is C23H24FN3O4. The van der Waals surface area contributed by atoms with E-state index in [1.807, 2.05) is 18.2 Å². The van der Waals surface area contributed by atoms with Crippen molar-refractivity contribution >= 4 is 11.9 Å². The van der Waals surface area contributed by atoms with E-state index in [0.29, 0.717) is 42.3 Å². The van der Waals surface area contributed by atoms with Crippen LogP contribution in [0.5, 0.6) is 11.5 Å². The molecule has 0 saturated heterocycles. The average molecular weight is 425 g/mol. The van der Waals surface area contributed by atoms with Gasteiger partial charge in [0.15, 0.2) is 11.5 Å². The van der Waals surface area contributed by atoms with Gasteiger partial charge in [0, 0.05) is 19.2 Å². The number of nitrogens with zero attached hydrogens (tertiary/aromatic N) is 2. The highest BCUT2D eigenvalue weighted by Gasteiger charge is 2.43. The van der Waals surface area contributed by atoms with Gasteiger partial charge in [-0.2, -0.15) is 0 Å². The van der Waals surface area contributed by atoms with E-state index in [-0.39, 0.29) is 17.5 Å². The standard InChI is InChI=1S/C23H24FN3O4/c1-26-17-13-27(11-10-14-8-9-18(30-2)19(12-14)31-3)22(28)20(17)21(25-23(26)29)15-6-4-5-7-16(15)24/h4-9,12,21H,10-11,13H2,1-3H3,(H,25,29). The zero-order chi connectivity index (χ0) is 22.1. The lowest BCUT2D eigenvalue weighted by molar-refractivity contribution is -0.125. The molecule has 2 aliphatic heterocycles. The van der Waals surface area contributed by atoms with Crippen molar-refractivity contribution in [2.45, 2.75) is 12.5 Å². The van der Waals surface area contributed by atoms with Crippen LogP contribution in [0.3, 0.4) is 0 Å². The van der Waals surface area contributed by atoms with Crippen molar-refractivity contribution in [3.05, 3.63) is 70.7 Å². The number of hydrogen-bond acceptors (Lipinski definition) is 4. The summed E-state index contributed by atoms with van der Waals surface area (Å²) in [6.07, 6.45) is 0.599. The molecule has 0 bridgehead atoms. The fourth-order valence-electron chi connectivity index (χ4n) is 4.05. The summed E-state index contributed by atoms with van der Waals surface area (Å²) in [4.78, 5) is 28.8. The molecule has 0 aromatic heterocycles. The smallest absolute Gasteiger partial charge is 0.322 e. The summed E-state index contributed by atoms with van der Waals surface area (Å²) in [6.45, 7) is 0.754. The monoisotopic (exact) mass is 425 g/mol. The van der Waals surface area contributed by atoms with Crippen molar-refractivity contribution in [3.8, 4) is 11.5 Å². The van der Waals surface area contributed by atoms with Crippen LogP contribution in [0.1, 0.15) is 17.2 Å². The zero-order valence-electron chi connectivity index (χ0n) is 17.6. The van der Waals surface area contributed by atoms with E-state index in [4.69, 9.17) is 9.47 Å². The molecule has 0 saturated carbocycles. The first-order chi connectivity index (χ1) is 14.9. The fourth-order valence-corrected chi connectivity index (χ4v) is 4.05. The van der Waals surface area contributed by atoms with Crippen LogP contribution in [0.2, 0.25) is 0 Å². The Morgan fingerprint density at radius 1 is 1.10 bits per heavy atom. The Morgan fingerprint density at radius 2 is 1.84 bits per heavy atom. The lowest BCUT2D eigenvalue weighted by Gasteiger charge is -2.31. The van der Waals surface area contributed by atoms with Gasteiger partial charge in [0.25, 0.3) is 5.91 Å². The second kappa shape index (κ2) is 8.29. The second-order valence-corrected chi connectivity index (χ2v) is 7.49. The number of rotatable bonds is 6. The third-order valence-corrected chi connectivity index (χ3v) is 5.77. The normalized spacial score (nSPS) is 18.3. The van der Waals surface area contributed by atoms with Crippen molar-refractivity contribution < 1.29 is 23.5 Å². The number of halogens is 1. The highest BCUT2D eigenvalue weighted by molar-refractivity contribution is 6.01. The van der Waals surface area contributed by atoms with E-state index >= 15 is 0 Å². The number of ether oxygens (including phenoxy) is 2. The third kappa shape index (κ3) is 3.69. The maximum absolute atomic E-state index is 14.4. The second-order valence-electron chi connectivity index (χ2n) is 7.49. The molecule has 3 amide bonds. The summed E-state index contributed by atoms with van der Waals surface area (Å²) < 4.78 is 25.1. The van der Waals surface area contributed by atoms with Crippen molar-refractivity contribution in [1.29, 1.82) is 0 Å². The molecule has 4 rings (SSSR count). The number of nitrogens with one attached hydrogen (secondary N) is 1. The molecule has 2 aliphatic rings. The van der Waals surface area contributed by atoms with Crippen LogP contribution >= 0.6 is 0 Å². The summed E-state index contributed by atoms with van der Waals surface area (Å²) in [5.74, 6) is 0.607. The number of carbonyl (C=O) groups is 2. The molecule has 8 heteroatoms. The summed E-state index contributed by atoms with van der Waals surface area (Å²) in [7, 11) is 4.77. The quantitative estimate of drug-likeness (QED) is 0.773. The van der Waals surface area contributed by atoms with Crippen LogP contribution in [-0.4, -0.2) is 56.1 Å². The van der Waals surface area contributed by atoms with Crippen molar-refractivity contribution in [1.82, 2.24) is 15.1 Å². The molecule has 162 valence electrons. The largest absolute Gasteiger partial charge is 0.493 e. The van der Waals surface area contributed by atoms with Crippen LogP contribution in [0, 0.1) is 5.82 Å². The van der Waals surface area contributed by atoms with E-state index in [0.717, 1.165) is 5.56 Å². The lowest BCUT2D eigenvalue weighted by Crippen LogP contribution is -2.45. The number of hydrogen-bond donors (Lipinski definition) is 1. The average Bonchev–Trinajstić information content (AvgIpc) is 3.11. The molecule has 0 fully saturated rings. The van der Waals surface area contributed by atoms with Gasteiger partial charge in [0.1, 0.15) is 5.82 Å². The van der Waals surface area contributed by atoms with Crippen LogP contribution in [-0.2, 0) is 11.2 Å². The summed E-state index contributed by atoms with van der Waals surface area (Å²) >= 11 is 0. The molecule has 0 aliphatic carbocycles. The number of urea groups is 1. The Kier molecular flexibility index (Phi) is 5.54. The molecule has 2 aromatic carbocycles. The van der Waals surface area contributed by atoms with Crippen molar-refractivity contribution in [3.63, 3.8) is 0 Å². The van der Waals surface area contributed by atoms with Crippen LogP contribution in [0.15, 0.2) is 53.7 Å². The first-order valence-electron chi connectivity index (χ1n) is 9.96. The minimum Gasteiger partial charge on any atom is -0.493 e. The molecule has 1 unspecified atom stereocenters. The highest BCUT2D eigenvalue weighted by Crippen LogP contribution is 2.36. The SMILES string of the molecule is COc1ccc(CCN2CC3=C(C2=O)C(c2ccccc2F)NC(=O)N3C)cc1OC. The van der Waals surface area contributed by atoms with Gasteiger partial charge in [-0.15, -0.1) is 0 Å². The molecule has 2 aromatic rings. The first kappa shape index (κ1) is 20.7. The van der Waals surface area contributed by atoms with Gasteiger partial charge in [0.2, 0.25) is 0 Å². The first-order valence-corrected chi connectivity index (χ1v) is 9.96. The van der Waals surface area contributed by atoms with Gasteiger partial charge in [0.05, 0.1) is 38.1 Å². The highest BCUT2D eigenvalue weighted by atomic mass is 19.1. The van der Waals surface area contributed by atoms with E-state index in [1.165, 1.54) is 11.0 Å². The minimum absolute atomic E-state index is 0.199. The number of methoxy groups -OCH3 is 2. The van der Waals surface area contributed by atoms with Gasteiger partial charge >= 0.3 is 6.03 Å². The summed E-state index contributed by atoms with van der Waals surface area (Å²) in [5, 5.41) is 2.76. The summed E-state index contributed by atoms with van der Waals surface area (Å²) in [6, 6.07) is 10.7. The topological polar surface area (TPSA) is 71.1 Å². The van der Waals surface area contributed by atoms with Gasteiger partial charge in [-0.1, -0.05) is 24.3 Å². The maximum atomic E-state index is 14.4. The van der Waals surface area contributed by atoms with Crippen LogP contribution < -0.4 is 14.8 Å². The lowest BCUT2D eigenvalue weighted by atomic mass is 9.95. The Labute approximate surface area is 180 Å². The van der Waals surface area contributed by atoms with E-state index in [9.17, 15) is 14.0 Å². The number of benzene rings is 2. The summed E-state index contributed by atoms with van der Waals surface area (Å²) in [5.41, 5.74) is 2.30. The molecule has 2 heterocycles. The molecule has 7 nitrogen and oxygen atoms in total. The fraction of sp³-hybridized carbons (Fsp3) is 0.304. The van der Waals surface area contributed by atoms with Crippen LogP contribution in [0.25, 0.3) is 0 Å². The predicted molar refractivity (Wildman–Crippen MR) is 112 cm³/mol. The molecule has 31 heavy (non-hydrogen) atoms. The Bertz CT molecular complexity index is 1070. The molecule has 0 radical (unpaired) electrons. The van der Waals surface area contributed by atoms with Crippen molar-refractivity contribution in [2.75, 3.05) is 34.4 Å². The Morgan fingerprint density at radius 3 is 2.55 bits per heavy atom. The van der Waals surface area contributed by atoms with E-state index < -0.39 is 11.9 Å². The maximum Gasteiger partial charge on any atom is 0.322 e. The van der Waals surface area contributed by atoms with Crippen LogP contribution in [0.4, 0.5) is 9.18 Å². The van der Waals surface area contributed by atoms with Crippen molar-refractivity contribution in [2.24, 2.45) is 0 Å². The molecule has 0 spiro atoms. The van der Waals surface area contributed by atoms with E-state index in [1.54, 1.807) is 44.4 Å². The zero-order valence-corrected chi connectivity index (χ0v) is 17.6. The van der Waals surface area contributed by atoms with Gasteiger partial charge in [-0.3, -0.25) is 9.69 Å². The third-order valence-electron chi connectivity index (χ3n) is 5.77. The molecule has 1 atom stereocenters. The number of carbonyl (C=O) groups excluding carboxylic acids is 2. The van der Waals surface area contributed by atoms with Gasteiger partial charge < -0.3 is 19.7 Å². The Hall–Kier alpha value is -3.55.